The van der Waals surface area contributed by atoms with E-state index in [4.69, 9.17) is 0 Å². The van der Waals surface area contributed by atoms with Crippen LogP contribution in [-0.2, 0) is 24.3 Å². The number of hydrogen-bond donors (Lipinski definition) is 3. The van der Waals surface area contributed by atoms with Gasteiger partial charge in [0.2, 0.25) is 15.9 Å². The minimum Gasteiger partial charge on any atom is -0.468 e. The number of ether oxygens (including phenoxy) is 1. The molecule has 122 valence electrons. The zero-order valence-electron chi connectivity index (χ0n) is 12.4. The maximum Gasteiger partial charge on any atom is 0.320 e. The van der Waals surface area contributed by atoms with Crippen molar-refractivity contribution >= 4 is 27.6 Å². The van der Waals surface area contributed by atoms with Gasteiger partial charge in [-0.15, -0.1) is 0 Å². The molecule has 0 aromatic heterocycles. The van der Waals surface area contributed by atoms with Crippen molar-refractivity contribution in [1.29, 1.82) is 0 Å². The van der Waals surface area contributed by atoms with E-state index in [0.717, 1.165) is 7.11 Å². The van der Waals surface area contributed by atoms with Crippen molar-refractivity contribution < 1.29 is 22.7 Å². The fourth-order valence-corrected chi connectivity index (χ4v) is 2.53. The first kappa shape index (κ1) is 18.1. The summed E-state index contributed by atoms with van der Waals surface area (Å²) < 4.78 is 30.5. The molecule has 8 nitrogen and oxygen atoms in total. The van der Waals surface area contributed by atoms with E-state index in [9.17, 15) is 18.0 Å². The molecule has 9 heteroatoms. The molecule has 0 radical (unpaired) electrons. The van der Waals surface area contributed by atoms with Crippen LogP contribution in [0.25, 0.3) is 0 Å². The first-order chi connectivity index (χ1) is 10.4. The summed E-state index contributed by atoms with van der Waals surface area (Å²) in [5.74, 6) is -0.925. The Morgan fingerprint density at radius 3 is 2.64 bits per heavy atom. The lowest BCUT2D eigenvalue weighted by Gasteiger charge is -2.09. The molecule has 0 unspecified atom stereocenters. The van der Waals surface area contributed by atoms with E-state index >= 15 is 0 Å². The van der Waals surface area contributed by atoms with Crippen LogP contribution >= 0.6 is 0 Å². The summed E-state index contributed by atoms with van der Waals surface area (Å²) in [5.41, 5.74) is 0.363. The summed E-state index contributed by atoms with van der Waals surface area (Å²) >= 11 is 0. The Morgan fingerprint density at radius 1 is 1.27 bits per heavy atom. The van der Waals surface area contributed by atoms with E-state index in [1.54, 1.807) is 13.1 Å². The number of benzene rings is 1. The highest BCUT2D eigenvalue weighted by Gasteiger charge is 2.16. The standard InChI is InChI=1S/C13H19N3O5S/c1-14-7-6-12(17)16-10-4-3-5-11(8-10)22(19,20)15-9-13(18)21-2/h3-5,8,14-15H,6-7,9H2,1-2H3,(H,16,17). The Kier molecular flexibility index (Phi) is 6.96. The fraction of sp³-hybridized carbons (Fsp3) is 0.385. The number of sulfonamides is 1. The summed E-state index contributed by atoms with van der Waals surface area (Å²) in [7, 11) is -0.961. The van der Waals surface area contributed by atoms with Crippen molar-refractivity contribution in [3.05, 3.63) is 24.3 Å². The Balaban J connectivity index is 2.78. The van der Waals surface area contributed by atoms with Crippen LogP contribution in [0.1, 0.15) is 6.42 Å². The monoisotopic (exact) mass is 329 g/mol. The number of nitrogens with one attached hydrogen (secondary N) is 3. The molecule has 1 rings (SSSR count). The average Bonchev–Trinajstić information content (AvgIpc) is 2.51. The van der Waals surface area contributed by atoms with Crippen LogP contribution in [-0.4, -0.2) is 47.5 Å². The first-order valence-electron chi connectivity index (χ1n) is 6.50. The normalized spacial score (nSPS) is 11.0. The van der Waals surface area contributed by atoms with Crippen molar-refractivity contribution in [1.82, 2.24) is 10.0 Å². The quantitative estimate of drug-likeness (QED) is 0.564. The number of carbonyl (C=O) groups is 2. The predicted molar refractivity (Wildman–Crippen MR) is 80.8 cm³/mol. The average molecular weight is 329 g/mol. The number of carbonyl (C=O) groups excluding carboxylic acids is 2. The molecule has 0 atom stereocenters. The van der Waals surface area contributed by atoms with Gasteiger partial charge in [-0.25, -0.2) is 8.42 Å². The minimum absolute atomic E-state index is 0.0529. The molecule has 0 fully saturated rings. The van der Waals surface area contributed by atoms with E-state index in [1.165, 1.54) is 18.2 Å². The molecule has 0 heterocycles. The van der Waals surface area contributed by atoms with Crippen LogP contribution in [0.15, 0.2) is 29.2 Å². The van der Waals surface area contributed by atoms with Crippen LogP contribution in [0.4, 0.5) is 5.69 Å². The van der Waals surface area contributed by atoms with Gasteiger partial charge in [-0.3, -0.25) is 9.59 Å². The Hall–Kier alpha value is -1.97. The Labute approximate surface area is 129 Å². The molecule has 3 N–H and O–H groups in total. The van der Waals surface area contributed by atoms with Gasteiger partial charge in [-0.1, -0.05) is 6.07 Å². The third kappa shape index (κ3) is 5.80. The van der Waals surface area contributed by atoms with Crippen LogP contribution in [0.2, 0.25) is 0 Å². The molecule has 0 saturated carbocycles. The van der Waals surface area contributed by atoms with Gasteiger partial charge in [0, 0.05) is 18.7 Å². The number of esters is 1. The molecule has 0 aliphatic heterocycles. The molecule has 22 heavy (non-hydrogen) atoms. The summed E-state index contributed by atoms with van der Waals surface area (Å²) in [6.45, 7) is 0.0576. The van der Waals surface area contributed by atoms with Crippen LogP contribution in [0, 0.1) is 0 Å². The van der Waals surface area contributed by atoms with E-state index < -0.39 is 22.5 Å². The van der Waals surface area contributed by atoms with E-state index in [0.29, 0.717) is 12.2 Å². The number of amides is 1. The van der Waals surface area contributed by atoms with Gasteiger partial charge in [0.05, 0.1) is 12.0 Å². The predicted octanol–water partition coefficient (Wildman–Crippen LogP) is -0.314. The highest BCUT2D eigenvalue weighted by molar-refractivity contribution is 7.89. The topological polar surface area (TPSA) is 114 Å². The molecule has 0 aliphatic carbocycles. The van der Waals surface area contributed by atoms with Crippen LogP contribution < -0.4 is 15.4 Å². The molecule has 1 aromatic carbocycles. The lowest BCUT2D eigenvalue weighted by molar-refractivity contribution is -0.139. The number of hydrogen-bond acceptors (Lipinski definition) is 6. The lowest BCUT2D eigenvalue weighted by Crippen LogP contribution is -2.30. The second-order valence-electron chi connectivity index (χ2n) is 4.33. The van der Waals surface area contributed by atoms with Crippen molar-refractivity contribution in [2.24, 2.45) is 0 Å². The molecule has 1 aromatic rings. The van der Waals surface area contributed by atoms with Crippen molar-refractivity contribution in [3.8, 4) is 0 Å². The summed E-state index contributed by atoms with van der Waals surface area (Å²) in [5, 5.41) is 5.44. The zero-order valence-corrected chi connectivity index (χ0v) is 13.2. The van der Waals surface area contributed by atoms with Crippen molar-refractivity contribution in [3.63, 3.8) is 0 Å². The van der Waals surface area contributed by atoms with Gasteiger partial charge in [0.25, 0.3) is 0 Å². The first-order valence-corrected chi connectivity index (χ1v) is 7.98. The second kappa shape index (κ2) is 8.47. The molecule has 0 spiro atoms. The van der Waals surface area contributed by atoms with Crippen LogP contribution in [0.3, 0.4) is 0 Å². The maximum atomic E-state index is 12.0. The molecule has 0 bridgehead atoms. The smallest absolute Gasteiger partial charge is 0.320 e. The summed E-state index contributed by atoms with van der Waals surface area (Å²) in [6.07, 6.45) is 0.272. The Bertz CT molecular complexity index is 630. The third-order valence-electron chi connectivity index (χ3n) is 2.66. The SMILES string of the molecule is CNCCC(=O)Nc1cccc(S(=O)(=O)NCC(=O)OC)c1. The van der Waals surface area contributed by atoms with Gasteiger partial charge in [0.15, 0.2) is 0 Å². The van der Waals surface area contributed by atoms with E-state index in [1.807, 2.05) is 0 Å². The van der Waals surface area contributed by atoms with Gasteiger partial charge in [-0.05, 0) is 25.2 Å². The van der Waals surface area contributed by atoms with Crippen LogP contribution in [0.5, 0.6) is 0 Å². The molecular formula is C13H19N3O5S. The molecule has 0 saturated heterocycles. The number of methoxy groups -OCH3 is 1. The van der Waals surface area contributed by atoms with Gasteiger partial charge >= 0.3 is 5.97 Å². The van der Waals surface area contributed by atoms with E-state index in [2.05, 4.69) is 20.1 Å². The molecule has 0 aliphatic rings. The van der Waals surface area contributed by atoms with Crippen molar-refractivity contribution in [2.45, 2.75) is 11.3 Å². The van der Waals surface area contributed by atoms with Gasteiger partial charge < -0.3 is 15.4 Å². The molecular weight excluding hydrogens is 310 g/mol. The minimum atomic E-state index is -3.86. The summed E-state index contributed by atoms with van der Waals surface area (Å²) in [6, 6.07) is 5.76. The highest BCUT2D eigenvalue weighted by atomic mass is 32.2. The number of rotatable bonds is 8. The van der Waals surface area contributed by atoms with Gasteiger partial charge in [-0.2, -0.15) is 4.72 Å². The van der Waals surface area contributed by atoms with Gasteiger partial charge in [0.1, 0.15) is 6.54 Å². The molecule has 1 amide bonds. The van der Waals surface area contributed by atoms with Crippen molar-refractivity contribution in [2.75, 3.05) is 32.6 Å². The maximum absolute atomic E-state index is 12.0. The largest absolute Gasteiger partial charge is 0.468 e. The second-order valence-corrected chi connectivity index (χ2v) is 6.10. The zero-order chi connectivity index (χ0) is 16.6. The highest BCUT2D eigenvalue weighted by Crippen LogP contribution is 2.15. The lowest BCUT2D eigenvalue weighted by atomic mass is 10.3. The summed E-state index contributed by atoms with van der Waals surface area (Å²) in [4.78, 5) is 22.5. The number of anilines is 1. The Morgan fingerprint density at radius 2 is 2.00 bits per heavy atom. The van der Waals surface area contributed by atoms with E-state index in [-0.39, 0.29) is 17.2 Å². The fourth-order valence-electron chi connectivity index (χ4n) is 1.51. The third-order valence-corrected chi connectivity index (χ3v) is 4.06.